The van der Waals surface area contributed by atoms with Crippen molar-refractivity contribution in [1.29, 1.82) is 0 Å². The molecular formula is C23H25N3S. The van der Waals surface area contributed by atoms with Gasteiger partial charge in [-0.15, -0.1) is 0 Å². The van der Waals surface area contributed by atoms with Gasteiger partial charge in [0, 0.05) is 12.5 Å². The Balaban J connectivity index is 1.73. The zero-order valence-electron chi connectivity index (χ0n) is 15.6. The van der Waals surface area contributed by atoms with Gasteiger partial charge >= 0.3 is 0 Å². The number of nitrogens with one attached hydrogen (secondary N) is 1. The first-order chi connectivity index (χ1) is 13.3. The highest BCUT2D eigenvalue weighted by Crippen LogP contribution is 2.44. The highest BCUT2D eigenvalue weighted by atomic mass is 32.1. The molecule has 0 spiro atoms. The Kier molecular flexibility index (Phi) is 5.35. The van der Waals surface area contributed by atoms with Crippen molar-refractivity contribution >= 4 is 29.1 Å². The van der Waals surface area contributed by atoms with Gasteiger partial charge in [0.1, 0.15) is 0 Å². The summed E-state index contributed by atoms with van der Waals surface area (Å²) in [5.74, 6) is 0.382. The van der Waals surface area contributed by atoms with Gasteiger partial charge in [0.05, 0.1) is 11.8 Å². The Morgan fingerprint density at radius 2 is 1.85 bits per heavy atom. The van der Waals surface area contributed by atoms with Gasteiger partial charge in [-0.05, 0) is 61.2 Å². The largest absolute Gasteiger partial charge is 0.361 e. The highest BCUT2D eigenvalue weighted by Gasteiger charge is 2.42. The Bertz CT molecular complexity index is 858. The molecule has 0 amide bonds. The molecule has 1 aliphatic carbocycles. The summed E-state index contributed by atoms with van der Waals surface area (Å²) in [5.41, 5.74) is 5.07. The molecule has 4 rings (SSSR count). The van der Waals surface area contributed by atoms with Gasteiger partial charge in [-0.3, -0.25) is 0 Å². The molecule has 27 heavy (non-hydrogen) atoms. The van der Waals surface area contributed by atoms with Crippen LogP contribution in [0, 0.1) is 5.92 Å². The summed E-state index contributed by atoms with van der Waals surface area (Å²) >= 11 is 5.67. The van der Waals surface area contributed by atoms with E-state index in [1.165, 1.54) is 28.8 Å². The van der Waals surface area contributed by atoms with Crippen molar-refractivity contribution in [3.05, 3.63) is 77.4 Å². The van der Waals surface area contributed by atoms with Crippen molar-refractivity contribution in [3.63, 3.8) is 0 Å². The Hall–Kier alpha value is -2.46. The third-order valence-corrected chi connectivity index (χ3v) is 5.65. The molecule has 2 aromatic carbocycles. The van der Waals surface area contributed by atoms with Crippen LogP contribution in [-0.4, -0.2) is 22.4 Å². The van der Waals surface area contributed by atoms with E-state index in [0.717, 1.165) is 19.4 Å². The first-order valence-electron chi connectivity index (χ1n) is 9.74. The number of thiocarbonyl (C=S) groups is 1. The van der Waals surface area contributed by atoms with Crippen LogP contribution in [0.2, 0.25) is 0 Å². The van der Waals surface area contributed by atoms with Crippen LogP contribution in [0.1, 0.15) is 43.4 Å². The molecule has 2 aromatic rings. The molecule has 0 bridgehead atoms. The SMILES string of the molecule is CCNC(=S)N1N=C2/C(=C\c3ccccc3)CCC[C@H]2[C@@H]1c1ccccc1. The summed E-state index contributed by atoms with van der Waals surface area (Å²) in [4.78, 5) is 0. The second-order valence-electron chi connectivity index (χ2n) is 7.10. The molecule has 0 radical (unpaired) electrons. The molecule has 0 aromatic heterocycles. The standard InChI is InChI=1S/C23H25N3S/c1-2-24-23(27)26-22(18-12-7-4-8-13-18)20-15-9-14-19(21(20)25-26)16-17-10-5-3-6-11-17/h3-8,10-13,16,20,22H,2,9,14-15H2,1H3,(H,24,27)/b19-16-/t20-,22+/m1/s1. The Labute approximate surface area is 166 Å². The van der Waals surface area contributed by atoms with Gasteiger partial charge in [-0.25, -0.2) is 5.01 Å². The summed E-state index contributed by atoms with van der Waals surface area (Å²) in [6.45, 7) is 2.87. The molecule has 2 atom stereocenters. The number of hydrazone groups is 1. The van der Waals surface area contributed by atoms with E-state index < -0.39 is 0 Å². The Morgan fingerprint density at radius 3 is 2.56 bits per heavy atom. The summed E-state index contributed by atoms with van der Waals surface area (Å²) in [6, 6.07) is 21.4. The summed E-state index contributed by atoms with van der Waals surface area (Å²) in [6.07, 6.45) is 5.71. The topological polar surface area (TPSA) is 27.6 Å². The number of hydrogen-bond donors (Lipinski definition) is 1. The van der Waals surface area contributed by atoms with Crippen molar-refractivity contribution in [3.8, 4) is 0 Å². The summed E-state index contributed by atoms with van der Waals surface area (Å²) in [5, 5.41) is 11.1. The maximum Gasteiger partial charge on any atom is 0.190 e. The molecule has 0 unspecified atom stereocenters. The Morgan fingerprint density at radius 1 is 1.15 bits per heavy atom. The van der Waals surface area contributed by atoms with E-state index in [-0.39, 0.29) is 6.04 Å². The van der Waals surface area contributed by atoms with Crippen LogP contribution in [0.5, 0.6) is 0 Å². The number of fused-ring (bicyclic) bond motifs is 1. The number of nitrogens with zero attached hydrogens (tertiary/aromatic N) is 2. The van der Waals surface area contributed by atoms with Gasteiger partial charge in [0.25, 0.3) is 0 Å². The number of hydrogen-bond acceptors (Lipinski definition) is 2. The normalized spacial score (nSPS) is 23.1. The molecule has 4 heteroatoms. The lowest BCUT2D eigenvalue weighted by molar-refractivity contribution is 0.300. The lowest BCUT2D eigenvalue weighted by Gasteiger charge is -2.30. The maximum absolute atomic E-state index is 5.67. The van der Waals surface area contributed by atoms with Crippen LogP contribution in [0.25, 0.3) is 6.08 Å². The second-order valence-corrected chi connectivity index (χ2v) is 7.49. The first kappa shape index (κ1) is 17.9. The summed E-state index contributed by atoms with van der Waals surface area (Å²) < 4.78 is 0. The average molecular weight is 376 g/mol. The van der Waals surface area contributed by atoms with E-state index in [4.69, 9.17) is 17.3 Å². The van der Waals surface area contributed by atoms with Crippen molar-refractivity contribution in [1.82, 2.24) is 10.3 Å². The molecular weight excluding hydrogens is 350 g/mol. The van der Waals surface area contributed by atoms with Crippen molar-refractivity contribution in [2.45, 2.75) is 32.2 Å². The van der Waals surface area contributed by atoms with Crippen LogP contribution in [-0.2, 0) is 0 Å². The van der Waals surface area contributed by atoms with Crippen LogP contribution in [0.15, 0.2) is 71.3 Å². The molecule has 2 aliphatic rings. The lowest BCUT2D eigenvalue weighted by atomic mass is 9.77. The van der Waals surface area contributed by atoms with E-state index in [1.54, 1.807) is 0 Å². The predicted molar refractivity (Wildman–Crippen MR) is 116 cm³/mol. The zero-order chi connectivity index (χ0) is 18.6. The number of allylic oxidation sites excluding steroid dienone is 1. The van der Waals surface area contributed by atoms with Crippen molar-refractivity contribution < 1.29 is 0 Å². The lowest BCUT2D eigenvalue weighted by Crippen LogP contribution is -2.38. The number of rotatable bonds is 3. The van der Waals surface area contributed by atoms with Crippen LogP contribution in [0.4, 0.5) is 0 Å². The number of benzene rings is 2. The smallest absolute Gasteiger partial charge is 0.190 e. The molecule has 138 valence electrons. The second kappa shape index (κ2) is 8.05. The molecule has 1 N–H and O–H groups in total. The van der Waals surface area contributed by atoms with Gasteiger partial charge in [-0.1, -0.05) is 60.7 Å². The van der Waals surface area contributed by atoms with Crippen molar-refractivity contribution in [2.75, 3.05) is 6.54 Å². The van der Waals surface area contributed by atoms with Crippen LogP contribution < -0.4 is 5.32 Å². The average Bonchev–Trinajstić information content (AvgIpc) is 3.10. The van der Waals surface area contributed by atoms with Crippen LogP contribution in [0.3, 0.4) is 0 Å². The quantitative estimate of drug-likeness (QED) is 0.749. The predicted octanol–water partition coefficient (Wildman–Crippen LogP) is 5.18. The van der Waals surface area contributed by atoms with Gasteiger partial charge < -0.3 is 5.32 Å². The third-order valence-electron chi connectivity index (χ3n) is 5.32. The van der Waals surface area contributed by atoms with E-state index in [1.807, 2.05) is 5.01 Å². The van der Waals surface area contributed by atoms with Crippen LogP contribution >= 0.6 is 12.2 Å². The maximum atomic E-state index is 5.67. The van der Waals surface area contributed by atoms with E-state index in [9.17, 15) is 0 Å². The molecule has 1 aliphatic heterocycles. The minimum Gasteiger partial charge on any atom is -0.361 e. The molecule has 1 fully saturated rings. The van der Waals surface area contributed by atoms with E-state index in [0.29, 0.717) is 11.0 Å². The minimum absolute atomic E-state index is 0.173. The molecule has 0 saturated heterocycles. The fourth-order valence-electron chi connectivity index (χ4n) is 4.13. The first-order valence-corrected chi connectivity index (χ1v) is 10.1. The third kappa shape index (κ3) is 3.67. The molecule has 1 heterocycles. The summed E-state index contributed by atoms with van der Waals surface area (Å²) in [7, 11) is 0. The fraction of sp³-hybridized carbons (Fsp3) is 0.304. The van der Waals surface area contributed by atoms with Gasteiger partial charge in [-0.2, -0.15) is 5.10 Å². The zero-order valence-corrected chi connectivity index (χ0v) is 16.5. The fourth-order valence-corrected chi connectivity index (χ4v) is 4.43. The van der Waals surface area contributed by atoms with Crippen molar-refractivity contribution in [2.24, 2.45) is 11.0 Å². The van der Waals surface area contributed by atoms with Gasteiger partial charge in [0.15, 0.2) is 5.11 Å². The molecule has 1 saturated carbocycles. The van der Waals surface area contributed by atoms with Gasteiger partial charge in [0.2, 0.25) is 0 Å². The minimum atomic E-state index is 0.173. The highest BCUT2D eigenvalue weighted by molar-refractivity contribution is 7.80. The van der Waals surface area contributed by atoms with E-state index >= 15 is 0 Å². The monoisotopic (exact) mass is 375 g/mol. The molecule has 3 nitrogen and oxygen atoms in total. The van der Waals surface area contributed by atoms with E-state index in [2.05, 4.69) is 79.0 Å².